The molecule has 0 fully saturated rings. The summed E-state index contributed by atoms with van der Waals surface area (Å²) >= 11 is 0. The standard InChI is InChI=1S/C19H32N2O/c1-7-15(4)21(6)13-19(22)20-16(5)18-10-8-17(9-11-18)12-14(2)3/h8-11,14-16H,7,12-13H2,1-6H3,(H,20,22)/t15-,16+/m1/s1. The van der Waals surface area contributed by atoms with Crippen LogP contribution in [0.3, 0.4) is 0 Å². The van der Waals surface area contributed by atoms with Crippen molar-refractivity contribution in [3.63, 3.8) is 0 Å². The molecule has 3 nitrogen and oxygen atoms in total. The Morgan fingerprint density at radius 2 is 1.73 bits per heavy atom. The zero-order valence-corrected chi connectivity index (χ0v) is 15.0. The van der Waals surface area contributed by atoms with E-state index in [9.17, 15) is 4.79 Å². The predicted molar refractivity (Wildman–Crippen MR) is 93.9 cm³/mol. The van der Waals surface area contributed by atoms with Crippen LogP contribution in [0.5, 0.6) is 0 Å². The van der Waals surface area contributed by atoms with Gasteiger partial charge in [-0.1, -0.05) is 45.0 Å². The van der Waals surface area contributed by atoms with Crippen LogP contribution in [0.4, 0.5) is 0 Å². The van der Waals surface area contributed by atoms with Crippen molar-refractivity contribution >= 4 is 5.91 Å². The van der Waals surface area contributed by atoms with Gasteiger partial charge in [0.15, 0.2) is 0 Å². The molecule has 0 heterocycles. The number of nitrogens with one attached hydrogen (secondary N) is 1. The molecule has 0 saturated carbocycles. The first kappa shape index (κ1) is 18.7. The minimum Gasteiger partial charge on any atom is -0.348 e. The Labute approximate surface area is 136 Å². The molecule has 124 valence electrons. The fourth-order valence-corrected chi connectivity index (χ4v) is 2.48. The average Bonchev–Trinajstić information content (AvgIpc) is 2.46. The molecular weight excluding hydrogens is 272 g/mol. The Hall–Kier alpha value is -1.35. The zero-order chi connectivity index (χ0) is 16.7. The van der Waals surface area contributed by atoms with Crippen molar-refractivity contribution < 1.29 is 4.79 Å². The third-order valence-corrected chi connectivity index (χ3v) is 4.24. The number of benzene rings is 1. The highest BCUT2D eigenvalue weighted by atomic mass is 16.2. The fourth-order valence-electron chi connectivity index (χ4n) is 2.48. The summed E-state index contributed by atoms with van der Waals surface area (Å²) in [7, 11) is 2.00. The second-order valence-electron chi connectivity index (χ2n) is 6.80. The van der Waals surface area contributed by atoms with Crippen LogP contribution in [0, 0.1) is 5.92 Å². The monoisotopic (exact) mass is 304 g/mol. The quantitative estimate of drug-likeness (QED) is 0.792. The highest BCUT2D eigenvalue weighted by Crippen LogP contribution is 2.15. The van der Waals surface area contributed by atoms with Crippen LogP contribution in [0.25, 0.3) is 0 Å². The molecule has 2 atom stereocenters. The molecule has 1 N–H and O–H groups in total. The average molecular weight is 304 g/mol. The number of carbonyl (C=O) groups is 1. The first-order valence-corrected chi connectivity index (χ1v) is 8.41. The van der Waals surface area contributed by atoms with Gasteiger partial charge in [0.25, 0.3) is 0 Å². The van der Waals surface area contributed by atoms with Gasteiger partial charge in [0, 0.05) is 6.04 Å². The van der Waals surface area contributed by atoms with E-state index in [2.05, 4.69) is 62.2 Å². The summed E-state index contributed by atoms with van der Waals surface area (Å²) in [6, 6.07) is 9.07. The van der Waals surface area contributed by atoms with Gasteiger partial charge in [0.2, 0.25) is 5.91 Å². The van der Waals surface area contributed by atoms with Gasteiger partial charge in [-0.25, -0.2) is 0 Å². The van der Waals surface area contributed by atoms with E-state index in [1.807, 2.05) is 14.0 Å². The molecule has 22 heavy (non-hydrogen) atoms. The van der Waals surface area contributed by atoms with Crippen LogP contribution in [-0.2, 0) is 11.2 Å². The van der Waals surface area contributed by atoms with Crippen molar-refractivity contribution in [2.75, 3.05) is 13.6 Å². The molecule has 3 heteroatoms. The summed E-state index contributed by atoms with van der Waals surface area (Å²) in [6.45, 7) is 11.2. The van der Waals surface area contributed by atoms with Crippen molar-refractivity contribution in [2.45, 2.75) is 59.5 Å². The fraction of sp³-hybridized carbons (Fsp3) is 0.632. The smallest absolute Gasteiger partial charge is 0.234 e. The van der Waals surface area contributed by atoms with Crippen molar-refractivity contribution in [1.29, 1.82) is 0 Å². The summed E-state index contributed by atoms with van der Waals surface area (Å²) in [5, 5.41) is 3.09. The number of hydrogen-bond acceptors (Lipinski definition) is 2. The lowest BCUT2D eigenvalue weighted by atomic mass is 10.00. The Morgan fingerprint density at radius 3 is 2.23 bits per heavy atom. The second kappa shape index (κ2) is 8.94. The maximum atomic E-state index is 12.1. The molecule has 0 aliphatic rings. The lowest BCUT2D eigenvalue weighted by Gasteiger charge is -2.24. The molecule has 1 aromatic carbocycles. The molecule has 0 saturated heterocycles. The van der Waals surface area contributed by atoms with E-state index in [1.54, 1.807) is 0 Å². The van der Waals surface area contributed by atoms with Crippen LogP contribution < -0.4 is 5.32 Å². The van der Waals surface area contributed by atoms with Gasteiger partial charge in [0.05, 0.1) is 12.6 Å². The summed E-state index contributed by atoms with van der Waals surface area (Å²) < 4.78 is 0. The molecule has 0 aliphatic heterocycles. The van der Waals surface area contributed by atoms with E-state index >= 15 is 0 Å². The third kappa shape index (κ3) is 6.18. The van der Waals surface area contributed by atoms with Crippen molar-refractivity contribution in [3.05, 3.63) is 35.4 Å². The highest BCUT2D eigenvalue weighted by Gasteiger charge is 2.14. The number of amides is 1. The lowest BCUT2D eigenvalue weighted by Crippen LogP contribution is -2.40. The summed E-state index contributed by atoms with van der Waals surface area (Å²) in [5.41, 5.74) is 2.51. The second-order valence-corrected chi connectivity index (χ2v) is 6.80. The Balaban J connectivity index is 2.53. The molecular formula is C19H32N2O. The molecule has 1 aromatic rings. The van der Waals surface area contributed by atoms with Gasteiger partial charge in [-0.05, 0) is 50.8 Å². The molecule has 1 rings (SSSR count). The summed E-state index contributed by atoms with van der Waals surface area (Å²) in [6.07, 6.45) is 2.15. The molecule has 1 amide bonds. The van der Waals surface area contributed by atoms with Crippen LogP contribution in [-0.4, -0.2) is 30.4 Å². The first-order chi connectivity index (χ1) is 10.3. The number of carbonyl (C=O) groups excluding carboxylic acids is 1. The lowest BCUT2D eigenvalue weighted by molar-refractivity contribution is -0.123. The van der Waals surface area contributed by atoms with Crippen LogP contribution in [0.15, 0.2) is 24.3 Å². The van der Waals surface area contributed by atoms with E-state index in [4.69, 9.17) is 0 Å². The van der Waals surface area contributed by atoms with Crippen LogP contribution in [0.1, 0.15) is 58.2 Å². The third-order valence-electron chi connectivity index (χ3n) is 4.24. The van der Waals surface area contributed by atoms with Gasteiger partial charge in [-0.15, -0.1) is 0 Å². The Kier molecular flexibility index (Phi) is 7.60. The van der Waals surface area contributed by atoms with Crippen LogP contribution in [0.2, 0.25) is 0 Å². The maximum absolute atomic E-state index is 12.1. The van der Waals surface area contributed by atoms with Crippen molar-refractivity contribution in [3.8, 4) is 0 Å². The maximum Gasteiger partial charge on any atom is 0.234 e. The Morgan fingerprint density at radius 1 is 1.14 bits per heavy atom. The molecule has 0 aliphatic carbocycles. The SMILES string of the molecule is CC[C@@H](C)N(C)CC(=O)N[C@@H](C)c1ccc(CC(C)C)cc1. The van der Waals surface area contributed by atoms with Crippen LogP contribution >= 0.6 is 0 Å². The number of likely N-dealkylation sites (N-methyl/N-ethyl adjacent to an activating group) is 1. The normalized spacial score (nSPS) is 14.2. The molecule has 0 unspecified atom stereocenters. The molecule has 0 radical (unpaired) electrons. The first-order valence-electron chi connectivity index (χ1n) is 8.41. The van der Waals surface area contributed by atoms with E-state index in [0.717, 1.165) is 18.4 Å². The van der Waals surface area contributed by atoms with E-state index in [1.165, 1.54) is 5.56 Å². The minimum absolute atomic E-state index is 0.0472. The van der Waals surface area contributed by atoms with E-state index < -0.39 is 0 Å². The predicted octanol–water partition coefficient (Wildman–Crippen LogP) is 3.79. The number of rotatable bonds is 8. The molecule has 0 bridgehead atoms. The highest BCUT2D eigenvalue weighted by molar-refractivity contribution is 5.78. The summed E-state index contributed by atoms with van der Waals surface area (Å²) in [5.74, 6) is 0.751. The van der Waals surface area contributed by atoms with Crippen molar-refractivity contribution in [1.82, 2.24) is 10.2 Å². The zero-order valence-electron chi connectivity index (χ0n) is 15.0. The van der Waals surface area contributed by atoms with E-state index in [-0.39, 0.29) is 11.9 Å². The molecule has 0 aromatic heterocycles. The van der Waals surface area contributed by atoms with Gasteiger partial charge in [-0.3, -0.25) is 9.69 Å². The van der Waals surface area contributed by atoms with E-state index in [0.29, 0.717) is 18.5 Å². The Bertz CT molecular complexity index is 453. The van der Waals surface area contributed by atoms with Gasteiger partial charge in [0.1, 0.15) is 0 Å². The molecule has 0 spiro atoms. The minimum atomic E-state index is 0.0472. The van der Waals surface area contributed by atoms with Gasteiger partial charge < -0.3 is 5.32 Å². The topological polar surface area (TPSA) is 32.3 Å². The number of nitrogens with zero attached hydrogens (tertiary/aromatic N) is 1. The summed E-state index contributed by atoms with van der Waals surface area (Å²) in [4.78, 5) is 14.2. The van der Waals surface area contributed by atoms with Crippen molar-refractivity contribution in [2.24, 2.45) is 5.92 Å². The largest absolute Gasteiger partial charge is 0.348 e. The van der Waals surface area contributed by atoms with Gasteiger partial charge >= 0.3 is 0 Å². The number of hydrogen-bond donors (Lipinski definition) is 1. The van der Waals surface area contributed by atoms with Gasteiger partial charge in [-0.2, -0.15) is 0 Å².